The molecule has 1 atom stereocenters. The van der Waals surface area contributed by atoms with Crippen LogP contribution in [0.1, 0.15) is 6.42 Å². The average Bonchev–Trinajstić information content (AvgIpc) is 2.40. The third kappa shape index (κ3) is 2.00. The molecule has 1 fully saturated rings. The lowest BCUT2D eigenvalue weighted by atomic mass is 10.3. The summed E-state index contributed by atoms with van der Waals surface area (Å²) < 4.78 is 12.6. The first-order valence-corrected chi connectivity index (χ1v) is 3.31. The van der Waals surface area contributed by atoms with Gasteiger partial charge >= 0.3 is 6.09 Å². The van der Waals surface area contributed by atoms with Gasteiger partial charge in [-0.15, -0.1) is 4.36 Å². The zero-order valence-corrected chi connectivity index (χ0v) is 6.10. The molecule has 0 bridgehead atoms. The highest BCUT2D eigenvalue weighted by Gasteiger charge is 2.18. The number of hydrogen-bond donors (Lipinski definition) is 0. The van der Waals surface area contributed by atoms with Crippen LogP contribution < -0.4 is 0 Å². The molecular formula is C5H7NO3S. The van der Waals surface area contributed by atoms with E-state index in [1.54, 1.807) is 0 Å². The van der Waals surface area contributed by atoms with E-state index >= 15 is 0 Å². The van der Waals surface area contributed by atoms with Crippen LogP contribution in [0.4, 0.5) is 4.79 Å². The number of hydrogen-bond acceptors (Lipinski definition) is 4. The van der Waals surface area contributed by atoms with Gasteiger partial charge in [-0.1, -0.05) is 0 Å². The van der Waals surface area contributed by atoms with E-state index < -0.39 is 6.09 Å². The minimum absolute atomic E-state index is 0.140. The summed E-state index contributed by atoms with van der Waals surface area (Å²) in [7, 11) is 0. The maximum Gasteiger partial charge on any atom is 0.445 e. The minimum atomic E-state index is -0.689. The van der Waals surface area contributed by atoms with Crippen molar-refractivity contribution in [1.29, 1.82) is 0 Å². The van der Waals surface area contributed by atoms with Gasteiger partial charge < -0.3 is 9.47 Å². The fraction of sp³-hybridized carbons (Fsp3) is 0.800. The van der Waals surface area contributed by atoms with Gasteiger partial charge in [0, 0.05) is 18.8 Å². The molecule has 1 amide bonds. The van der Waals surface area contributed by atoms with Crippen molar-refractivity contribution in [2.75, 3.05) is 13.2 Å². The summed E-state index contributed by atoms with van der Waals surface area (Å²) in [5, 5.41) is 0. The molecule has 1 aliphatic rings. The van der Waals surface area contributed by atoms with Crippen LogP contribution in [0.2, 0.25) is 0 Å². The van der Waals surface area contributed by atoms with Crippen LogP contribution in [0, 0.1) is 0 Å². The molecule has 5 heteroatoms. The van der Waals surface area contributed by atoms with E-state index in [9.17, 15) is 4.79 Å². The summed E-state index contributed by atoms with van der Waals surface area (Å²) in [5.74, 6) is 0. The van der Waals surface area contributed by atoms with Crippen molar-refractivity contribution in [3.63, 3.8) is 0 Å². The van der Waals surface area contributed by atoms with E-state index in [1.807, 2.05) is 0 Å². The molecule has 0 aromatic rings. The van der Waals surface area contributed by atoms with E-state index in [2.05, 4.69) is 16.8 Å². The van der Waals surface area contributed by atoms with Crippen LogP contribution in [0.3, 0.4) is 0 Å². The molecule has 0 aliphatic carbocycles. The SMILES string of the molecule is O=C(N=S)OC1CCOC1. The van der Waals surface area contributed by atoms with Gasteiger partial charge in [-0.25, -0.2) is 4.79 Å². The summed E-state index contributed by atoms with van der Waals surface area (Å²) >= 11 is 4.12. The Labute approximate surface area is 63.7 Å². The van der Waals surface area contributed by atoms with Crippen molar-refractivity contribution < 1.29 is 14.3 Å². The Morgan fingerprint density at radius 2 is 2.60 bits per heavy atom. The molecule has 0 radical (unpaired) electrons. The van der Waals surface area contributed by atoms with Crippen LogP contribution in [-0.4, -0.2) is 25.4 Å². The van der Waals surface area contributed by atoms with E-state index in [-0.39, 0.29) is 6.10 Å². The van der Waals surface area contributed by atoms with Crippen LogP contribution in [0.25, 0.3) is 0 Å². The molecule has 1 rings (SSSR count). The standard InChI is InChI=1S/C5H7NO3S/c7-5(6-10)9-4-1-2-8-3-4/h4H,1-3H2. The number of ether oxygens (including phenoxy) is 2. The van der Waals surface area contributed by atoms with Crippen molar-refractivity contribution in [3.05, 3.63) is 0 Å². The molecule has 56 valence electrons. The van der Waals surface area contributed by atoms with Crippen LogP contribution >= 0.6 is 0 Å². The van der Waals surface area contributed by atoms with Crippen molar-refractivity contribution in [1.82, 2.24) is 0 Å². The second-order valence-electron chi connectivity index (χ2n) is 1.96. The maximum atomic E-state index is 10.4. The molecular weight excluding hydrogens is 154 g/mol. The molecule has 0 aromatic carbocycles. The smallest absolute Gasteiger partial charge is 0.441 e. The summed E-state index contributed by atoms with van der Waals surface area (Å²) in [6, 6.07) is 0. The van der Waals surface area contributed by atoms with E-state index in [4.69, 9.17) is 9.47 Å². The molecule has 0 aromatic heterocycles. The third-order valence-corrected chi connectivity index (χ3v) is 1.38. The number of carbonyl (C=O) groups is 1. The van der Waals surface area contributed by atoms with Gasteiger partial charge in [0.2, 0.25) is 0 Å². The molecule has 1 unspecified atom stereocenters. The summed E-state index contributed by atoms with van der Waals surface area (Å²) in [5.41, 5.74) is 0. The lowest BCUT2D eigenvalue weighted by Crippen LogP contribution is -2.14. The maximum absolute atomic E-state index is 10.4. The molecule has 1 saturated heterocycles. The molecule has 4 nitrogen and oxygen atoms in total. The van der Waals surface area contributed by atoms with Gasteiger partial charge in [0.25, 0.3) is 0 Å². The van der Waals surface area contributed by atoms with Crippen molar-refractivity contribution in [2.45, 2.75) is 12.5 Å². The largest absolute Gasteiger partial charge is 0.445 e. The van der Waals surface area contributed by atoms with Gasteiger partial charge in [-0.05, 0) is 0 Å². The fourth-order valence-corrected chi connectivity index (χ4v) is 0.813. The van der Waals surface area contributed by atoms with Gasteiger partial charge in [0.05, 0.1) is 13.2 Å². The normalized spacial score (nSPS) is 24.2. The zero-order valence-electron chi connectivity index (χ0n) is 5.28. The summed E-state index contributed by atoms with van der Waals surface area (Å²) in [4.78, 5) is 10.4. The highest BCUT2D eigenvalue weighted by atomic mass is 32.1. The first-order chi connectivity index (χ1) is 4.83. The Bertz CT molecular complexity index is 144. The Balaban J connectivity index is 2.23. The van der Waals surface area contributed by atoms with E-state index in [1.165, 1.54) is 0 Å². The monoisotopic (exact) mass is 161 g/mol. The first kappa shape index (κ1) is 7.56. The van der Waals surface area contributed by atoms with Gasteiger partial charge in [-0.3, -0.25) is 0 Å². The second-order valence-corrected chi connectivity index (χ2v) is 2.14. The summed E-state index contributed by atoms with van der Waals surface area (Å²) in [6.45, 7) is 1.12. The lowest BCUT2D eigenvalue weighted by molar-refractivity contribution is 0.0908. The van der Waals surface area contributed by atoms with Gasteiger partial charge in [0.1, 0.15) is 6.10 Å². The number of nitrogens with zero attached hydrogens (tertiary/aromatic N) is 1. The molecule has 0 saturated carbocycles. The molecule has 10 heavy (non-hydrogen) atoms. The molecule has 0 N–H and O–H groups in total. The van der Waals surface area contributed by atoms with Gasteiger partial charge in [-0.2, -0.15) is 0 Å². The van der Waals surface area contributed by atoms with Crippen LogP contribution in [0.15, 0.2) is 4.36 Å². The van der Waals surface area contributed by atoms with E-state index in [0.29, 0.717) is 13.2 Å². The number of rotatable bonds is 1. The Hall–Kier alpha value is -0.550. The third-order valence-electron chi connectivity index (χ3n) is 1.23. The van der Waals surface area contributed by atoms with Crippen LogP contribution in [0.5, 0.6) is 0 Å². The van der Waals surface area contributed by atoms with Gasteiger partial charge in [0.15, 0.2) is 0 Å². The Morgan fingerprint density at radius 3 is 3.10 bits per heavy atom. The Kier molecular flexibility index (Phi) is 2.70. The fourth-order valence-electron chi connectivity index (χ4n) is 0.770. The van der Waals surface area contributed by atoms with E-state index in [0.717, 1.165) is 6.42 Å². The molecule has 1 aliphatic heterocycles. The van der Waals surface area contributed by atoms with Crippen LogP contribution in [-0.2, 0) is 21.9 Å². The lowest BCUT2D eigenvalue weighted by Gasteiger charge is -2.04. The second kappa shape index (κ2) is 3.58. The highest BCUT2D eigenvalue weighted by Crippen LogP contribution is 2.08. The number of carbonyl (C=O) groups excluding carboxylic acids is 1. The summed E-state index contributed by atoms with van der Waals surface area (Å²) in [6.07, 6.45) is -0.0824. The molecule has 0 spiro atoms. The number of amides is 1. The zero-order chi connectivity index (χ0) is 7.40. The average molecular weight is 161 g/mol. The Morgan fingerprint density at radius 1 is 1.80 bits per heavy atom. The van der Waals surface area contributed by atoms with Crippen molar-refractivity contribution >= 4 is 18.5 Å². The minimum Gasteiger partial charge on any atom is -0.441 e. The first-order valence-electron chi connectivity index (χ1n) is 2.94. The quantitative estimate of drug-likeness (QED) is 0.566. The van der Waals surface area contributed by atoms with Crippen molar-refractivity contribution in [3.8, 4) is 0 Å². The predicted molar refractivity (Wildman–Crippen MR) is 35.5 cm³/mol. The highest BCUT2D eigenvalue weighted by molar-refractivity contribution is 7.47. The topological polar surface area (TPSA) is 47.9 Å². The predicted octanol–water partition coefficient (Wildman–Crippen LogP) is 0.642. The molecule has 1 heterocycles. The van der Waals surface area contributed by atoms with Crippen molar-refractivity contribution in [2.24, 2.45) is 4.36 Å².